The molecule has 122 valence electrons. The molecule has 0 N–H and O–H groups in total. The molecule has 2 aromatic rings. The topological polar surface area (TPSA) is 20.3 Å². The van der Waals surface area contributed by atoms with E-state index in [1.165, 1.54) is 0 Å². The van der Waals surface area contributed by atoms with Gasteiger partial charge in [-0.3, -0.25) is 4.79 Å². The zero-order valence-corrected chi connectivity index (χ0v) is 14.3. The SMILES string of the molecule is C=C/C=C(\C=C)N(CC)c1ccc(C(=O)c2ccc(C)cc2)cc1. The summed E-state index contributed by atoms with van der Waals surface area (Å²) in [7, 11) is 0. The summed E-state index contributed by atoms with van der Waals surface area (Å²) >= 11 is 0. The Hall–Kier alpha value is -2.87. The monoisotopic (exact) mass is 317 g/mol. The van der Waals surface area contributed by atoms with Crippen molar-refractivity contribution >= 4 is 11.5 Å². The third-order valence-corrected chi connectivity index (χ3v) is 3.88. The van der Waals surface area contributed by atoms with Crippen molar-refractivity contribution in [2.24, 2.45) is 0 Å². The first-order valence-electron chi connectivity index (χ1n) is 8.04. The number of aryl methyl sites for hydroxylation is 1. The number of ketones is 1. The standard InChI is InChI=1S/C22H23NO/c1-5-8-20(6-2)23(7-3)21-15-13-19(14-16-21)22(24)18-11-9-17(4)10-12-18/h5-6,8-16H,1-2,7H2,3-4H3/b20-8+. The van der Waals surface area contributed by atoms with Crippen molar-refractivity contribution in [2.75, 3.05) is 11.4 Å². The summed E-state index contributed by atoms with van der Waals surface area (Å²) in [5, 5.41) is 0. The molecule has 2 nitrogen and oxygen atoms in total. The molecular weight excluding hydrogens is 294 g/mol. The molecule has 2 aromatic carbocycles. The van der Waals surface area contributed by atoms with E-state index in [0.717, 1.165) is 23.5 Å². The maximum Gasteiger partial charge on any atom is 0.193 e. The average Bonchev–Trinajstić information content (AvgIpc) is 2.62. The van der Waals surface area contributed by atoms with Gasteiger partial charge in [0.2, 0.25) is 0 Å². The molecule has 0 atom stereocenters. The Morgan fingerprint density at radius 1 is 1.00 bits per heavy atom. The molecule has 0 saturated carbocycles. The van der Waals surface area contributed by atoms with Crippen LogP contribution in [0.15, 0.2) is 85.6 Å². The molecule has 0 aromatic heterocycles. The second-order valence-corrected chi connectivity index (χ2v) is 5.52. The van der Waals surface area contributed by atoms with Gasteiger partial charge in [0.1, 0.15) is 0 Å². The van der Waals surface area contributed by atoms with Crippen LogP contribution in [0.4, 0.5) is 5.69 Å². The quantitative estimate of drug-likeness (QED) is 0.509. The fourth-order valence-corrected chi connectivity index (χ4v) is 2.57. The van der Waals surface area contributed by atoms with Crippen LogP contribution in [0.25, 0.3) is 0 Å². The summed E-state index contributed by atoms with van der Waals surface area (Å²) in [5.74, 6) is 0.0372. The van der Waals surface area contributed by atoms with Gasteiger partial charge < -0.3 is 4.90 Å². The Morgan fingerprint density at radius 2 is 1.54 bits per heavy atom. The molecule has 0 saturated heterocycles. The fraction of sp³-hybridized carbons (Fsp3) is 0.136. The van der Waals surface area contributed by atoms with E-state index in [9.17, 15) is 4.79 Å². The Morgan fingerprint density at radius 3 is 2.00 bits per heavy atom. The van der Waals surface area contributed by atoms with Gasteiger partial charge in [-0.1, -0.05) is 49.1 Å². The van der Waals surface area contributed by atoms with E-state index in [-0.39, 0.29) is 5.78 Å². The minimum absolute atomic E-state index is 0.0372. The van der Waals surface area contributed by atoms with E-state index < -0.39 is 0 Å². The minimum atomic E-state index is 0.0372. The molecule has 0 fully saturated rings. The Labute approximate surface area is 144 Å². The van der Waals surface area contributed by atoms with Crippen LogP contribution in [0.2, 0.25) is 0 Å². The molecule has 0 aliphatic rings. The fourth-order valence-electron chi connectivity index (χ4n) is 2.57. The van der Waals surface area contributed by atoms with Gasteiger partial charge in [-0.05, 0) is 50.3 Å². The lowest BCUT2D eigenvalue weighted by Gasteiger charge is -2.24. The first-order valence-corrected chi connectivity index (χ1v) is 8.04. The van der Waals surface area contributed by atoms with E-state index in [1.807, 2.05) is 61.5 Å². The van der Waals surface area contributed by atoms with Crippen molar-refractivity contribution in [2.45, 2.75) is 13.8 Å². The molecule has 0 bridgehead atoms. The second-order valence-electron chi connectivity index (χ2n) is 5.52. The molecular formula is C22H23NO. The smallest absolute Gasteiger partial charge is 0.193 e. The molecule has 2 heteroatoms. The molecule has 0 aliphatic heterocycles. The number of anilines is 1. The van der Waals surface area contributed by atoms with E-state index >= 15 is 0 Å². The predicted molar refractivity (Wildman–Crippen MR) is 103 cm³/mol. The van der Waals surface area contributed by atoms with Crippen molar-refractivity contribution in [3.63, 3.8) is 0 Å². The second kappa shape index (κ2) is 8.11. The average molecular weight is 317 g/mol. The third kappa shape index (κ3) is 3.90. The lowest BCUT2D eigenvalue weighted by molar-refractivity contribution is 0.103. The number of allylic oxidation sites excluding steroid dienone is 3. The molecule has 0 aliphatic carbocycles. The number of likely N-dealkylation sites (N-methyl/N-ethyl adjacent to an activating group) is 1. The van der Waals surface area contributed by atoms with Crippen LogP contribution in [0, 0.1) is 6.92 Å². The van der Waals surface area contributed by atoms with Crippen LogP contribution in [0.1, 0.15) is 28.4 Å². The highest BCUT2D eigenvalue weighted by molar-refractivity contribution is 6.09. The number of nitrogens with zero attached hydrogens (tertiary/aromatic N) is 1. The minimum Gasteiger partial charge on any atom is -0.342 e. The maximum atomic E-state index is 12.5. The van der Waals surface area contributed by atoms with E-state index in [4.69, 9.17) is 0 Å². The van der Waals surface area contributed by atoms with Gasteiger partial charge in [-0.2, -0.15) is 0 Å². The number of rotatable bonds is 7. The van der Waals surface area contributed by atoms with Crippen LogP contribution in [0.5, 0.6) is 0 Å². The largest absolute Gasteiger partial charge is 0.342 e. The van der Waals surface area contributed by atoms with Crippen molar-refractivity contribution in [1.82, 2.24) is 0 Å². The zero-order chi connectivity index (χ0) is 17.5. The third-order valence-electron chi connectivity index (χ3n) is 3.88. The van der Waals surface area contributed by atoms with Gasteiger partial charge in [0, 0.05) is 29.1 Å². The van der Waals surface area contributed by atoms with Crippen LogP contribution >= 0.6 is 0 Å². The van der Waals surface area contributed by atoms with Crippen molar-refractivity contribution < 1.29 is 4.79 Å². The zero-order valence-electron chi connectivity index (χ0n) is 14.3. The highest BCUT2D eigenvalue weighted by Crippen LogP contribution is 2.21. The van der Waals surface area contributed by atoms with Crippen LogP contribution in [-0.2, 0) is 0 Å². The summed E-state index contributed by atoms with van der Waals surface area (Å²) in [6.07, 6.45) is 5.47. The molecule has 0 heterocycles. The summed E-state index contributed by atoms with van der Waals surface area (Å²) in [5.41, 5.74) is 4.54. The molecule has 2 rings (SSSR count). The lowest BCUT2D eigenvalue weighted by atomic mass is 10.0. The maximum absolute atomic E-state index is 12.5. The predicted octanol–water partition coefficient (Wildman–Crippen LogP) is 5.31. The van der Waals surface area contributed by atoms with E-state index in [1.54, 1.807) is 12.2 Å². The molecule has 24 heavy (non-hydrogen) atoms. The van der Waals surface area contributed by atoms with Crippen LogP contribution in [0.3, 0.4) is 0 Å². The highest BCUT2D eigenvalue weighted by atomic mass is 16.1. The summed E-state index contributed by atoms with van der Waals surface area (Å²) in [4.78, 5) is 14.7. The Bertz CT molecular complexity index is 752. The van der Waals surface area contributed by atoms with E-state index in [0.29, 0.717) is 11.1 Å². The van der Waals surface area contributed by atoms with Crippen molar-refractivity contribution in [1.29, 1.82) is 0 Å². The number of benzene rings is 2. The molecule has 0 radical (unpaired) electrons. The van der Waals surface area contributed by atoms with Crippen LogP contribution in [-0.4, -0.2) is 12.3 Å². The number of carbonyl (C=O) groups excluding carboxylic acids is 1. The summed E-state index contributed by atoms with van der Waals surface area (Å²) < 4.78 is 0. The summed E-state index contributed by atoms with van der Waals surface area (Å²) in [6, 6.07) is 15.3. The summed E-state index contributed by atoms with van der Waals surface area (Å²) in [6.45, 7) is 12.5. The molecule has 0 amide bonds. The number of carbonyl (C=O) groups is 1. The number of hydrogen-bond donors (Lipinski definition) is 0. The molecule has 0 spiro atoms. The first kappa shape index (κ1) is 17.5. The first-order chi connectivity index (χ1) is 11.6. The van der Waals surface area contributed by atoms with Gasteiger partial charge in [0.25, 0.3) is 0 Å². The van der Waals surface area contributed by atoms with Gasteiger partial charge in [-0.15, -0.1) is 0 Å². The number of hydrogen-bond acceptors (Lipinski definition) is 2. The van der Waals surface area contributed by atoms with Crippen LogP contribution < -0.4 is 4.90 Å². The Balaban J connectivity index is 2.27. The van der Waals surface area contributed by atoms with Gasteiger partial charge >= 0.3 is 0 Å². The normalized spacial score (nSPS) is 11.0. The van der Waals surface area contributed by atoms with Gasteiger partial charge in [0.15, 0.2) is 5.78 Å². The Kier molecular flexibility index (Phi) is 5.91. The van der Waals surface area contributed by atoms with E-state index in [2.05, 4.69) is 25.0 Å². The highest BCUT2D eigenvalue weighted by Gasteiger charge is 2.11. The van der Waals surface area contributed by atoms with Gasteiger partial charge in [-0.25, -0.2) is 0 Å². The lowest BCUT2D eigenvalue weighted by Crippen LogP contribution is -2.20. The van der Waals surface area contributed by atoms with Gasteiger partial charge in [0.05, 0.1) is 0 Å². The van der Waals surface area contributed by atoms with Crippen molar-refractivity contribution in [3.8, 4) is 0 Å². The van der Waals surface area contributed by atoms with Crippen molar-refractivity contribution in [3.05, 3.63) is 102 Å². The molecule has 0 unspecified atom stereocenters.